The Kier molecular flexibility index (Phi) is 3.52. The fourth-order valence-corrected chi connectivity index (χ4v) is 2.22. The monoisotopic (exact) mass is 319 g/mol. The van der Waals surface area contributed by atoms with Crippen LogP contribution >= 0.6 is 11.6 Å². The van der Waals surface area contributed by atoms with Gasteiger partial charge in [0.25, 0.3) is 5.78 Å². The van der Waals surface area contributed by atoms with E-state index in [4.69, 9.17) is 11.6 Å². The molecule has 0 aromatic carbocycles. The van der Waals surface area contributed by atoms with E-state index < -0.39 is 0 Å². The first kappa shape index (κ1) is 14.8. The average Bonchev–Trinajstić information content (AvgIpc) is 3.07. The van der Waals surface area contributed by atoms with Gasteiger partial charge in [-0.05, 0) is 18.4 Å². The molecule has 0 spiro atoms. The van der Waals surface area contributed by atoms with Crippen LogP contribution in [0.15, 0.2) is 24.8 Å². The number of aromatic nitrogens is 6. The summed E-state index contributed by atoms with van der Waals surface area (Å²) >= 11 is 6.36. The Morgan fingerprint density at radius 2 is 2.05 bits per heavy atom. The van der Waals surface area contributed by atoms with Crippen molar-refractivity contribution >= 4 is 23.2 Å². The van der Waals surface area contributed by atoms with Crippen molar-refractivity contribution in [2.75, 3.05) is 5.32 Å². The molecule has 0 aliphatic carbocycles. The summed E-state index contributed by atoms with van der Waals surface area (Å²) in [4.78, 5) is 8.39. The van der Waals surface area contributed by atoms with Gasteiger partial charge in [-0.25, -0.2) is 4.68 Å². The van der Waals surface area contributed by atoms with Crippen molar-refractivity contribution < 1.29 is 0 Å². The normalized spacial score (nSPS) is 13.5. The molecule has 0 bridgehead atoms. The standard InChI is InChI=1S/C14H18ClN7/c1-9(14(2,3)4)19-12-10(21-7-5-6-17-21)11(15)20-13-16-8-18-22(12)13/h5-9,19H,1-4H3/t9-/m1/s1. The molecule has 7 nitrogen and oxygen atoms in total. The molecule has 3 rings (SSSR count). The van der Waals surface area contributed by atoms with E-state index in [9.17, 15) is 0 Å². The Labute approximate surface area is 133 Å². The van der Waals surface area contributed by atoms with Crippen molar-refractivity contribution in [2.24, 2.45) is 5.41 Å². The SMILES string of the molecule is C[C@@H](Nc1c(-n2cccn2)c(Cl)nc2ncnn12)C(C)(C)C. The highest BCUT2D eigenvalue weighted by Gasteiger charge is 2.24. The minimum atomic E-state index is 0.0596. The van der Waals surface area contributed by atoms with Crippen molar-refractivity contribution in [3.63, 3.8) is 0 Å². The molecule has 0 radical (unpaired) electrons. The average molecular weight is 320 g/mol. The summed E-state index contributed by atoms with van der Waals surface area (Å²) in [6, 6.07) is 2.01. The zero-order valence-electron chi connectivity index (χ0n) is 12.9. The Morgan fingerprint density at radius 1 is 1.27 bits per heavy atom. The molecule has 0 saturated carbocycles. The van der Waals surface area contributed by atoms with E-state index in [-0.39, 0.29) is 11.5 Å². The molecule has 0 aliphatic heterocycles. The molecular weight excluding hydrogens is 302 g/mol. The summed E-state index contributed by atoms with van der Waals surface area (Å²) in [5, 5.41) is 12.3. The molecule has 3 heterocycles. The zero-order chi connectivity index (χ0) is 15.9. The predicted octanol–water partition coefficient (Wildman–Crippen LogP) is 2.81. The van der Waals surface area contributed by atoms with Crippen LogP contribution in [0.1, 0.15) is 27.7 Å². The van der Waals surface area contributed by atoms with E-state index >= 15 is 0 Å². The van der Waals surface area contributed by atoms with Gasteiger partial charge in [-0.1, -0.05) is 32.4 Å². The molecule has 3 aromatic rings. The van der Waals surface area contributed by atoms with E-state index in [0.717, 1.165) is 5.82 Å². The smallest absolute Gasteiger partial charge is 0.255 e. The third-order valence-corrected chi connectivity index (χ3v) is 4.01. The highest BCUT2D eigenvalue weighted by molar-refractivity contribution is 6.31. The third kappa shape index (κ3) is 2.52. The summed E-state index contributed by atoms with van der Waals surface area (Å²) in [6.07, 6.45) is 4.97. The van der Waals surface area contributed by atoms with Crippen LogP contribution in [0.25, 0.3) is 11.5 Å². The topological polar surface area (TPSA) is 72.9 Å². The van der Waals surface area contributed by atoms with Crippen LogP contribution in [-0.2, 0) is 0 Å². The summed E-state index contributed by atoms with van der Waals surface area (Å²) in [5.74, 6) is 1.17. The van der Waals surface area contributed by atoms with Crippen LogP contribution in [0.2, 0.25) is 5.15 Å². The van der Waals surface area contributed by atoms with Crippen molar-refractivity contribution in [3.05, 3.63) is 29.9 Å². The first-order chi connectivity index (χ1) is 10.4. The number of hydrogen-bond donors (Lipinski definition) is 1. The molecule has 1 atom stereocenters. The fourth-order valence-electron chi connectivity index (χ4n) is 1.96. The lowest BCUT2D eigenvalue weighted by Crippen LogP contribution is -2.32. The van der Waals surface area contributed by atoms with E-state index in [1.807, 2.05) is 12.3 Å². The predicted molar refractivity (Wildman–Crippen MR) is 85.5 cm³/mol. The van der Waals surface area contributed by atoms with Gasteiger partial charge in [0.2, 0.25) is 0 Å². The van der Waals surface area contributed by atoms with Crippen molar-refractivity contribution in [1.82, 2.24) is 29.4 Å². The van der Waals surface area contributed by atoms with E-state index in [0.29, 0.717) is 16.6 Å². The van der Waals surface area contributed by atoms with Crippen LogP contribution in [0.5, 0.6) is 0 Å². The van der Waals surface area contributed by atoms with Crippen LogP contribution in [0, 0.1) is 5.41 Å². The van der Waals surface area contributed by atoms with E-state index in [2.05, 4.69) is 53.2 Å². The molecule has 3 aromatic heterocycles. The van der Waals surface area contributed by atoms with Crippen molar-refractivity contribution in [2.45, 2.75) is 33.7 Å². The largest absolute Gasteiger partial charge is 0.365 e. The highest BCUT2D eigenvalue weighted by atomic mass is 35.5. The Bertz CT molecular complexity index is 785. The van der Waals surface area contributed by atoms with Crippen LogP contribution in [-0.4, -0.2) is 35.4 Å². The third-order valence-electron chi connectivity index (χ3n) is 3.75. The number of nitrogens with zero attached hydrogens (tertiary/aromatic N) is 6. The summed E-state index contributed by atoms with van der Waals surface area (Å²) < 4.78 is 3.32. The van der Waals surface area contributed by atoms with E-state index in [1.165, 1.54) is 6.33 Å². The van der Waals surface area contributed by atoms with Gasteiger partial charge in [0.1, 0.15) is 12.0 Å². The molecule has 8 heteroatoms. The second-order valence-electron chi connectivity index (χ2n) is 6.25. The quantitative estimate of drug-likeness (QED) is 0.751. The molecule has 0 unspecified atom stereocenters. The van der Waals surface area contributed by atoms with Gasteiger partial charge in [0, 0.05) is 18.4 Å². The first-order valence-electron chi connectivity index (χ1n) is 7.03. The first-order valence-corrected chi connectivity index (χ1v) is 7.41. The van der Waals surface area contributed by atoms with Crippen molar-refractivity contribution in [3.8, 4) is 5.69 Å². The lowest BCUT2D eigenvalue weighted by Gasteiger charge is -2.29. The van der Waals surface area contributed by atoms with Gasteiger partial charge >= 0.3 is 0 Å². The van der Waals surface area contributed by atoms with Gasteiger partial charge in [0.15, 0.2) is 11.0 Å². The summed E-state index contributed by atoms with van der Waals surface area (Å²) in [7, 11) is 0. The van der Waals surface area contributed by atoms with Crippen LogP contribution in [0.3, 0.4) is 0 Å². The Morgan fingerprint density at radius 3 is 2.68 bits per heavy atom. The maximum atomic E-state index is 6.36. The number of hydrogen-bond acceptors (Lipinski definition) is 5. The lowest BCUT2D eigenvalue weighted by molar-refractivity contribution is 0.358. The van der Waals surface area contributed by atoms with Crippen molar-refractivity contribution in [1.29, 1.82) is 0 Å². The summed E-state index contributed by atoms with van der Waals surface area (Å²) in [6.45, 7) is 8.61. The minimum Gasteiger partial charge on any atom is -0.365 e. The molecule has 1 N–H and O–H groups in total. The number of fused-ring (bicyclic) bond motifs is 1. The molecule has 0 amide bonds. The molecule has 0 saturated heterocycles. The number of anilines is 1. The molecular formula is C14H18ClN7. The molecule has 22 heavy (non-hydrogen) atoms. The van der Waals surface area contributed by atoms with Gasteiger partial charge in [-0.3, -0.25) is 0 Å². The van der Waals surface area contributed by atoms with E-state index in [1.54, 1.807) is 15.4 Å². The zero-order valence-corrected chi connectivity index (χ0v) is 13.7. The van der Waals surface area contributed by atoms with Gasteiger partial charge in [-0.15, -0.1) is 0 Å². The maximum absolute atomic E-state index is 6.36. The Hall–Kier alpha value is -2.15. The second-order valence-corrected chi connectivity index (χ2v) is 6.61. The highest BCUT2D eigenvalue weighted by Crippen LogP contribution is 2.30. The molecule has 0 fully saturated rings. The van der Waals surface area contributed by atoms with Gasteiger partial charge in [0.05, 0.1) is 0 Å². The second kappa shape index (κ2) is 5.24. The number of nitrogens with one attached hydrogen (secondary N) is 1. The van der Waals surface area contributed by atoms with Crippen LogP contribution < -0.4 is 5.32 Å². The lowest BCUT2D eigenvalue weighted by atomic mass is 9.88. The molecule has 0 aliphatic rings. The van der Waals surface area contributed by atoms with Crippen LogP contribution in [0.4, 0.5) is 5.82 Å². The van der Waals surface area contributed by atoms with Gasteiger partial charge in [-0.2, -0.15) is 24.7 Å². The minimum absolute atomic E-state index is 0.0596. The Balaban J connectivity index is 2.21. The number of halogens is 1. The summed E-state index contributed by atoms with van der Waals surface area (Å²) in [5.41, 5.74) is 0.713. The van der Waals surface area contributed by atoms with Gasteiger partial charge < -0.3 is 5.32 Å². The maximum Gasteiger partial charge on any atom is 0.255 e. The fraction of sp³-hybridized carbons (Fsp3) is 0.429. The molecule has 116 valence electrons. The number of rotatable bonds is 3.